The Morgan fingerprint density at radius 2 is 2.00 bits per heavy atom. The van der Waals surface area contributed by atoms with Crippen molar-refractivity contribution in [2.75, 3.05) is 13.1 Å². The molecule has 1 saturated carbocycles. The summed E-state index contributed by atoms with van der Waals surface area (Å²) in [6.45, 7) is 7.93. The van der Waals surface area contributed by atoms with Gasteiger partial charge in [0.1, 0.15) is 5.82 Å². The van der Waals surface area contributed by atoms with Crippen LogP contribution in [0.5, 0.6) is 0 Å². The van der Waals surface area contributed by atoms with E-state index in [1.54, 1.807) is 0 Å². The van der Waals surface area contributed by atoms with Gasteiger partial charge in [0.05, 0.1) is 17.3 Å². The molecule has 120 valence electrons. The summed E-state index contributed by atoms with van der Waals surface area (Å²) < 4.78 is 0. The Bertz CT molecular complexity index is 778. The highest BCUT2D eigenvalue weighted by Gasteiger charge is 2.56. The number of carbonyl (C=O) groups excluding carboxylic acids is 1. The zero-order valence-electron chi connectivity index (χ0n) is 13.8. The molecule has 1 aromatic heterocycles. The number of piperidine rings is 1. The van der Waals surface area contributed by atoms with Crippen LogP contribution in [0.4, 0.5) is 0 Å². The van der Waals surface area contributed by atoms with Crippen molar-refractivity contribution in [2.45, 2.75) is 26.8 Å². The molecule has 4 atom stereocenters. The summed E-state index contributed by atoms with van der Waals surface area (Å²) in [7, 11) is 0. The van der Waals surface area contributed by atoms with Gasteiger partial charge in [-0.3, -0.25) is 4.79 Å². The Hall–Kier alpha value is -2.01. The summed E-state index contributed by atoms with van der Waals surface area (Å²) in [4.78, 5) is 21.7. The van der Waals surface area contributed by atoms with Crippen LogP contribution in [-0.2, 0) is 4.79 Å². The summed E-state index contributed by atoms with van der Waals surface area (Å²) >= 11 is 0. The largest absolute Gasteiger partial charge is 0.348 e. The van der Waals surface area contributed by atoms with Crippen LogP contribution >= 0.6 is 0 Å². The Morgan fingerprint density at radius 1 is 1.26 bits per heavy atom. The van der Waals surface area contributed by atoms with Crippen molar-refractivity contribution in [3.05, 3.63) is 35.3 Å². The van der Waals surface area contributed by atoms with Crippen LogP contribution in [-0.4, -0.2) is 29.0 Å². The Labute approximate surface area is 135 Å². The molecule has 1 amide bonds. The predicted octanol–water partition coefficient (Wildman–Crippen LogP) is 1.89. The van der Waals surface area contributed by atoms with Gasteiger partial charge >= 0.3 is 0 Å². The maximum Gasteiger partial charge on any atom is 0.224 e. The highest BCUT2D eigenvalue weighted by atomic mass is 16.2. The molecule has 2 fully saturated rings. The Balaban J connectivity index is 1.61. The fourth-order valence-corrected chi connectivity index (χ4v) is 3.95. The lowest BCUT2D eigenvalue weighted by molar-refractivity contribution is -0.123. The first kappa shape index (κ1) is 14.6. The molecule has 5 heteroatoms. The Morgan fingerprint density at radius 3 is 2.74 bits per heavy atom. The predicted molar refractivity (Wildman–Crippen MR) is 88.9 cm³/mol. The fraction of sp³-hybridized carbons (Fsp3) is 0.500. The highest BCUT2D eigenvalue weighted by Crippen LogP contribution is 2.48. The van der Waals surface area contributed by atoms with Gasteiger partial charge in [0.15, 0.2) is 0 Å². The molecule has 1 aromatic carbocycles. The number of rotatable bonds is 3. The molecule has 2 heterocycles. The lowest BCUT2D eigenvalue weighted by Gasteiger charge is -2.17. The first-order chi connectivity index (χ1) is 11.1. The minimum atomic E-state index is -0.109. The third kappa shape index (κ3) is 2.39. The van der Waals surface area contributed by atoms with Crippen molar-refractivity contribution in [2.24, 2.45) is 17.8 Å². The minimum absolute atomic E-state index is 0.109. The SMILES string of the molecule is Cc1nc(C(C)NC(=O)[C@H]2[C@@H]3CNC[C@@H]32)c2cccc(C)c2n1. The number of hydrogen-bond donors (Lipinski definition) is 2. The summed E-state index contributed by atoms with van der Waals surface area (Å²) in [6, 6.07) is 6.00. The van der Waals surface area contributed by atoms with Crippen molar-refractivity contribution in [1.29, 1.82) is 0 Å². The summed E-state index contributed by atoms with van der Waals surface area (Å²) in [5.41, 5.74) is 3.02. The second kappa shape index (κ2) is 5.27. The molecule has 4 rings (SSSR count). The molecule has 2 N–H and O–H groups in total. The minimum Gasteiger partial charge on any atom is -0.348 e. The summed E-state index contributed by atoms with van der Waals surface area (Å²) in [6.07, 6.45) is 0. The first-order valence-corrected chi connectivity index (χ1v) is 8.31. The van der Waals surface area contributed by atoms with Crippen LogP contribution in [0.25, 0.3) is 10.9 Å². The van der Waals surface area contributed by atoms with Crippen molar-refractivity contribution >= 4 is 16.8 Å². The normalized spacial score (nSPS) is 26.8. The third-order valence-corrected chi connectivity index (χ3v) is 5.23. The summed E-state index contributed by atoms with van der Waals surface area (Å²) in [5.74, 6) is 2.18. The van der Waals surface area contributed by atoms with Crippen molar-refractivity contribution in [3.63, 3.8) is 0 Å². The van der Waals surface area contributed by atoms with E-state index in [4.69, 9.17) is 0 Å². The first-order valence-electron chi connectivity index (χ1n) is 8.31. The zero-order valence-corrected chi connectivity index (χ0v) is 13.8. The molecule has 1 saturated heterocycles. The van der Waals surface area contributed by atoms with Gasteiger partial charge in [0.2, 0.25) is 5.91 Å². The quantitative estimate of drug-likeness (QED) is 0.908. The van der Waals surface area contributed by atoms with E-state index in [2.05, 4.69) is 33.6 Å². The van der Waals surface area contributed by atoms with Crippen LogP contribution in [0, 0.1) is 31.6 Å². The Kier molecular flexibility index (Phi) is 3.34. The second-order valence-electron chi connectivity index (χ2n) is 6.87. The molecule has 2 aliphatic rings. The van der Waals surface area contributed by atoms with E-state index < -0.39 is 0 Å². The van der Waals surface area contributed by atoms with E-state index in [0.29, 0.717) is 11.8 Å². The maximum absolute atomic E-state index is 12.5. The lowest BCUT2D eigenvalue weighted by Crippen LogP contribution is -2.32. The van der Waals surface area contributed by atoms with Crippen LogP contribution < -0.4 is 10.6 Å². The monoisotopic (exact) mass is 310 g/mol. The van der Waals surface area contributed by atoms with Gasteiger partial charge in [-0.25, -0.2) is 9.97 Å². The number of amides is 1. The zero-order chi connectivity index (χ0) is 16.1. The van der Waals surface area contributed by atoms with E-state index >= 15 is 0 Å². The standard InChI is InChI=1S/C18H22N4O/c1-9-5-4-6-12-16(9)21-11(3)22-17(12)10(2)20-18(23)15-13-7-19-8-14(13)15/h4-6,10,13-15,19H,7-8H2,1-3H3,(H,20,23)/t10?,13-,14+,15+. The molecule has 0 bridgehead atoms. The smallest absolute Gasteiger partial charge is 0.224 e. The molecule has 5 nitrogen and oxygen atoms in total. The molecule has 0 spiro atoms. The number of aryl methyl sites for hydroxylation is 2. The lowest BCUT2D eigenvalue weighted by atomic mass is 10.1. The number of carbonyl (C=O) groups is 1. The van der Waals surface area contributed by atoms with Crippen LogP contribution in [0.2, 0.25) is 0 Å². The number of nitrogens with one attached hydrogen (secondary N) is 2. The van der Waals surface area contributed by atoms with E-state index in [1.165, 1.54) is 0 Å². The molecular formula is C18H22N4O. The molecule has 1 aliphatic carbocycles. The number of para-hydroxylation sites is 1. The second-order valence-corrected chi connectivity index (χ2v) is 6.87. The number of hydrogen-bond acceptors (Lipinski definition) is 4. The van der Waals surface area contributed by atoms with Gasteiger partial charge in [-0.05, 0) is 51.3 Å². The number of aromatic nitrogens is 2. The number of fused-ring (bicyclic) bond motifs is 2. The topological polar surface area (TPSA) is 66.9 Å². The molecular weight excluding hydrogens is 288 g/mol. The van der Waals surface area contributed by atoms with Gasteiger partial charge in [0.25, 0.3) is 0 Å². The van der Waals surface area contributed by atoms with Gasteiger partial charge < -0.3 is 10.6 Å². The molecule has 1 aliphatic heterocycles. The van der Waals surface area contributed by atoms with Crippen molar-refractivity contribution in [3.8, 4) is 0 Å². The number of nitrogens with zero attached hydrogens (tertiary/aromatic N) is 2. The molecule has 2 aromatic rings. The molecule has 23 heavy (non-hydrogen) atoms. The van der Waals surface area contributed by atoms with Crippen LogP contribution in [0.1, 0.15) is 30.0 Å². The van der Waals surface area contributed by atoms with Crippen molar-refractivity contribution in [1.82, 2.24) is 20.6 Å². The van der Waals surface area contributed by atoms with Gasteiger partial charge in [0, 0.05) is 11.3 Å². The van der Waals surface area contributed by atoms with Gasteiger partial charge in [-0.15, -0.1) is 0 Å². The van der Waals surface area contributed by atoms with Gasteiger partial charge in [-0.2, -0.15) is 0 Å². The molecule has 0 radical (unpaired) electrons. The van der Waals surface area contributed by atoms with Crippen LogP contribution in [0.15, 0.2) is 18.2 Å². The number of benzene rings is 1. The average molecular weight is 310 g/mol. The maximum atomic E-state index is 12.5. The third-order valence-electron chi connectivity index (χ3n) is 5.23. The van der Waals surface area contributed by atoms with Gasteiger partial charge in [-0.1, -0.05) is 18.2 Å². The van der Waals surface area contributed by atoms with E-state index in [0.717, 1.165) is 41.1 Å². The highest BCUT2D eigenvalue weighted by molar-refractivity contribution is 5.86. The van der Waals surface area contributed by atoms with Crippen molar-refractivity contribution < 1.29 is 4.79 Å². The van der Waals surface area contributed by atoms with E-state index in [-0.39, 0.29) is 17.9 Å². The average Bonchev–Trinajstić information content (AvgIpc) is 3.01. The molecule has 1 unspecified atom stereocenters. The van der Waals surface area contributed by atoms with Crippen LogP contribution in [0.3, 0.4) is 0 Å². The fourth-order valence-electron chi connectivity index (χ4n) is 3.95. The van der Waals surface area contributed by atoms with E-state index in [1.807, 2.05) is 26.0 Å². The van der Waals surface area contributed by atoms with E-state index in [9.17, 15) is 4.79 Å². The summed E-state index contributed by atoms with van der Waals surface area (Å²) in [5, 5.41) is 7.53.